The highest BCUT2D eigenvalue weighted by Gasteiger charge is 2.30. The Morgan fingerprint density at radius 1 is 1.23 bits per heavy atom. The summed E-state index contributed by atoms with van der Waals surface area (Å²) >= 11 is 6.25. The summed E-state index contributed by atoms with van der Waals surface area (Å²) in [6.45, 7) is 9.96. The predicted octanol–water partition coefficient (Wildman–Crippen LogP) is 4.29. The van der Waals surface area contributed by atoms with Gasteiger partial charge in [0.25, 0.3) is 0 Å². The summed E-state index contributed by atoms with van der Waals surface area (Å²) in [7, 11) is 0. The number of aromatic nitrogens is 4. The molecule has 0 N–H and O–H groups in total. The third-order valence-electron chi connectivity index (χ3n) is 6.36. The van der Waals surface area contributed by atoms with Crippen LogP contribution in [0.15, 0.2) is 18.2 Å². The van der Waals surface area contributed by atoms with Crippen molar-refractivity contribution in [1.29, 1.82) is 0 Å². The second-order valence-electron chi connectivity index (χ2n) is 8.47. The molecule has 2 aromatic rings. The highest BCUT2D eigenvalue weighted by atomic mass is 35.5. The van der Waals surface area contributed by atoms with Gasteiger partial charge in [0.15, 0.2) is 5.82 Å². The van der Waals surface area contributed by atoms with Crippen LogP contribution in [0.4, 0.5) is 5.69 Å². The first-order valence-corrected chi connectivity index (χ1v) is 11.7. The summed E-state index contributed by atoms with van der Waals surface area (Å²) in [4.78, 5) is 5.01. The zero-order valence-electron chi connectivity index (χ0n) is 18.5. The third-order valence-corrected chi connectivity index (χ3v) is 6.59. The van der Waals surface area contributed by atoms with Crippen LogP contribution >= 0.6 is 24.0 Å². The Bertz CT molecular complexity index is 818. The van der Waals surface area contributed by atoms with Crippen molar-refractivity contribution in [3.05, 3.63) is 34.6 Å². The molecule has 31 heavy (non-hydrogen) atoms. The molecule has 0 bridgehead atoms. The molecule has 0 amide bonds. The zero-order chi connectivity index (χ0) is 20.9. The fourth-order valence-corrected chi connectivity index (χ4v) is 4.80. The van der Waals surface area contributed by atoms with Crippen LogP contribution in [-0.4, -0.2) is 64.0 Å². The number of benzene rings is 1. The van der Waals surface area contributed by atoms with E-state index in [9.17, 15) is 0 Å². The molecule has 2 aliphatic rings. The van der Waals surface area contributed by atoms with Gasteiger partial charge in [-0.2, -0.15) is 0 Å². The number of ether oxygens (including phenoxy) is 1. The van der Waals surface area contributed by atoms with Crippen molar-refractivity contribution in [1.82, 2.24) is 25.1 Å². The summed E-state index contributed by atoms with van der Waals surface area (Å²) in [5.41, 5.74) is 2.52. The Balaban J connectivity index is 0.00000272. The van der Waals surface area contributed by atoms with Crippen molar-refractivity contribution in [2.45, 2.75) is 64.6 Å². The van der Waals surface area contributed by atoms with E-state index in [1.807, 2.05) is 10.7 Å². The number of unbranched alkanes of at least 4 members (excludes halogenated alkanes) is 1. The minimum absolute atomic E-state index is 0. The molecule has 0 saturated carbocycles. The van der Waals surface area contributed by atoms with Crippen LogP contribution in [0.1, 0.15) is 56.5 Å². The number of aryl methyl sites for hydroxylation is 1. The number of rotatable bonds is 8. The van der Waals surface area contributed by atoms with E-state index in [4.69, 9.17) is 16.3 Å². The molecule has 1 aromatic heterocycles. The van der Waals surface area contributed by atoms with Gasteiger partial charge in [-0.05, 0) is 54.3 Å². The molecule has 2 atom stereocenters. The normalized spacial score (nSPS) is 20.6. The Hall–Kier alpha value is -1.41. The van der Waals surface area contributed by atoms with Gasteiger partial charge in [-0.25, -0.2) is 4.68 Å². The quantitative estimate of drug-likeness (QED) is 0.575. The lowest BCUT2D eigenvalue weighted by Gasteiger charge is -2.40. The highest BCUT2D eigenvalue weighted by Crippen LogP contribution is 2.30. The van der Waals surface area contributed by atoms with Crippen LogP contribution in [0.5, 0.6) is 0 Å². The van der Waals surface area contributed by atoms with E-state index >= 15 is 0 Å². The van der Waals surface area contributed by atoms with Crippen molar-refractivity contribution in [2.75, 3.05) is 37.7 Å². The van der Waals surface area contributed by atoms with Crippen LogP contribution < -0.4 is 4.90 Å². The van der Waals surface area contributed by atoms with Crippen LogP contribution in [0.3, 0.4) is 0 Å². The summed E-state index contributed by atoms with van der Waals surface area (Å²) in [6, 6.07) is 6.41. The smallest absolute Gasteiger partial charge is 0.168 e. The number of piperazine rings is 1. The van der Waals surface area contributed by atoms with Gasteiger partial charge < -0.3 is 9.64 Å². The number of halogens is 2. The van der Waals surface area contributed by atoms with Gasteiger partial charge in [-0.3, -0.25) is 4.90 Å². The summed E-state index contributed by atoms with van der Waals surface area (Å²) in [5.74, 6) is 0.992. The van der Waals surface area contributed by atoms with Crippen molar-refractivity contribution >= 4 is 29.7 Å². The third kappa shape index (κ3) is 5.89. The monoisotopic (exact) mass is 468 g/mol. The highest BCUT2D eigenvalue weighted by molar-refractivity contribution is 6.30. The summed E-state index contributed by atoms with van der Waals surface area (Å²) in [6.07, 6.45) is 5.89. The van der Waals surface area contributed by atoms with Gasteiger partial charge in [0.05, 0.1) is 18.7 Å². The maximum atomic E-state index is 6.25. The van der Waals surface area contributed by atoms with Gasteiger partial charge in [0.2, 0.25) is 0 Å². The number of hydrogen-bond acceptors (Lipinski definition) is 6. The molecule has 2 unspecified atom stereocenters. The first kappa shape index (κ1) is 24.2. The summed E-state index contributed by atoms with van der Waals surface area (Å²) in [5, 5.41) is 13.6. The van der Waals surface area contributed by atoms with E-state index in [-0.39, 0.29) is 24.6 Å². The molecular formula is C22H34Cl2N6O. The summed E-state index contributed by atoms with van der Waals surface area (Å²) < 4.78 is 7.81. The Morgan fingerprint density at radius 2 is 2.03 bits per heavy atom. The zero-order valence-corrected chi connectivity index (χ0v) is 20.1. The Morgan fingerprint density at radius 3 is 2.74 bits per heavy atom. The molecule has 3 heterocycles. The van der Waals surface area contributed by atoms with Crippen LogP contribution in [0, 0.1) is 6.92 Å². The van der Waals surface area contributed by atoms with Crippen LogP contribution in [-0.2, 0) is 11.3 Å². The van der Waals surface area contributed by atoms with Crippen molar-refractivity contribution in [2.24, 2.45) is 0 Å². The van der Waals surface area contributed by atoms with Crippen LogP contribution in [0.25, 0.3) is 0 Å². The van der Waals surface area contributed by atoms with E-state index in [0.717, 1.165) is 69.4 Å². The molecule has 0 aliphatic carbocycles. The standard InChI is InChI=1S/C22H33ClN6O.ClH/c1-3-4-7-20(22-24-25-26-29(22)16-19-6-5-14-30-19)27-10-12-28(13-11-27)21-15-18(23)9-8-17(21)2;/h8-9,15,19-20H,3-7,10-14,16H2,1-2H3;1H. The van der Waals surface area contributed by atoms with E-state index < -0.39 is 0 Å². The van der Waals surface area contributed by atoms with Crippen molar-refractivity contribution in [3.63, 3.8) is 0 Å². The van der Waals surface area contributed by atoms with Gasteiger partial charge in [-0.15, -0.1) is 17.5 Å². The fraction of sp³-hybridized carbons (Fsp3) is 0.682. The maximum Gasteiger partial charge on any atom is 0.168 e. The maximum absolute atomic E-state index is 6.25. The topological polar surface area (TPSA) is 59.3 Å². The predicted molar refractivity (Wildman–Crippen MR) is 126 cm³/mol. The van der Waals surface area contributed by atoms with E-state index in [1.165, 1.54) is 24.1 Å². The van der Waals surface area contributed by atoms with Gasteiger partial charge in [0, 0.05) is 43.5 Å². The van der Waals surface area contributed by atoms with Gasteiger partial charge in [-0.1, -0.05) is 37.4 Å². The minimum atomic E-state index is 0. The number of hydrogen-bond donors (Lipinski definition) is 0. The molecule has 2 aliphatic heterocycles. The number of nitrogens with zero attached hydrogens (tertiary/aromatic N) is 6. The molecule has 4 rings (SSSR count). The lowest BCUT2D eigenvalue weighted by molar-refractivity contribution is 0.0890. The first-order valence-electron chi connectivity index (χ1n) is 11.3. The second kappa shape index (κ2) is 11.5. The fourth-order valence-electron chi connectivity index (χ4n) is 4.63. The minimum Gasteiger partial charge on any atom is -0.376 e. The van der Waals surface area contributed by atoms with E-state index in [2.05, 4.69) is 51.3 Å². The molecule has 172 valence electrons. The largest absolute Gasteiger partial charge is 0.376 e. The van der Waals surface area contributed by atoms with Crippen molar-refractivity contribution in [3.8, 4) is 0 Å². The molecule has 0 spiro atoms. The second-order valence-corrected chi connectivity index (χ2v) is 8.90. The molecule has 9 heteroatoms. The molecule has 2 saturated heterocycles. The average Bonchev–Trinajstić information content (AvgIpc) is 3.44. The molecule has 1 aromatic carbocycles. The average molecular weight is 469 g/mol. The Labute approximate surface area is 196 Å². The lowest BCUT2D eigenvalue weighted by Crippen LogP contribution is -2.48. The molecular weight excluding hydrogens is 435 g/mol. The first-order chi connectivity index (χ1) is 14.7. The SMILES string of the molecule is CCCCC(c1nnnn1CC1CCCO1)N1CCN(c2cc(Cl)ccc2C)CC1.Cl. The molecule has 7 nitrogen and oxygen atoms in total. The van der Waals surface area contributed by atoms with Crippen LogP contribution in [0.2, 0.25) is 5.02 Å². The van der Waals surface area contributed by atoms with Crippen molar-refractivity contribution < 1.29 is 4.74 Å². The number of anilines is 1. The van der Waals surface area contributed by atoms with Gasteiger partial charge >= 0.3 is 0 Å². The van der Waals surface area contributed by atoms with E-state index in [1.54, 1.807) is 0 Å². The van der Waals surface area contributed by atoms with Gasteiger partial charge in [0.1, 0.15) is 0 Å². The molecule has 2 fully saturated rings. The Kier molecular flexibility index (Phi) is 8.95. The lowest BCUT2D eigenvalue weighted by atomic mass is 10.1. The molecule has 0 radical (unpaired) electrons. The van der Waals surface area contributed by atoms with E-state index in [0.29, 0.717) is 0 Å². The number of tetrazole rings is 1.